The molecule has 1 unspecified atom stereocenters. The Morgan fingerprint density at radius 2 is 0.534 bits per heavy atom. The molecule has 0 fully saturated rings. The molecule has 0 aromatic heterocycles. The zero-order valence-electron chi connectivity index (χ0n) is 47.1. The first-order valence-corrected chi connectivity index (χ1v) is 29.7. The van der Waals surface area contributed by atoms with Crippen molar-refractivity contribution in [1.82, 2.24) is 0 Å². The molecule has 0 aliphatic heterocycles. The highest BCUT2D eigenvalue weighted by Crippen LogP contribution is 2.14. The van der Waals surface area contributed by atoms with E-state index < -0.39 is 6.10 Å². The number of esters is 3. The third kappa shape index (κ3) is 58.3. The molecule has 412 valence electrons. The van der Waals surface area contributed by atoms with Crippen LogP contribution < -0.4 is 0 Å². The molecule has 0 bridgehead atoms. The highest BCUT2D eigenvalue weighted by atomic mass is 16.6. The molecule has 73 heavy (non-hydrogen) atoms. The fourth-order valence-electron chi connectivity index (χ4n) is 7.77. The van der Waals surface area contributed by atoms with Crippen LogP contribution >= 0.6 is 0 Å². The van der Waals surface area contributed by atoms with E-state index in [0.717, 1.165) is 148 Å². The quantitative estimate of drug-likeness (QED) is 0.0261. The van der Waals surface area contributed by atoms with Crippen LogP contribution in [-0.2, 0) is 28.6 Å². The van der Waals surface area contributed by atoms with E-state index in [2.05, 4.69) is 154 Å². The van der Waals surface area contributed by atoms with Gasteiger partial charge in [0, 0.05) is 19.3 Å². The second-order valence-corrected chi connectivity index (χ2v) is 19.1. The van der Waals surface area contributed by atoms with Gasteiger partial charge < -0.3 is 14.2 Å². The Morgan fingerprint density at radius 3 is 0.836 bits per heavy atom. The lowest BCUT2D eigenvalue weighted by atomic mass is 10.1. The fourth-order valence-corrected chi connectivity index (χ4v) is 7.77. The number of ether oxygens (including phenoxy) is 3. The minimum Gasteiger partial charge on any atom is -0.462 e. The van der Waals surface area contributed by atoms with E-state index in [0.29, 0.717) is 19.3 Å². The average molecular weight is 1010 g/mol. The molecule has 0 radical (unpaired) electrons. The van der Waals surface area contributed by atoms with E-state index in [1.807, 2.05) is 0 Å². The van der Waals surface area contributed by atoms with Gasteiger partial charge in [-0.05, 0) is 116 Å². The summed E-state index contributed by atoms with van der Waals surface area (Å²) in [6, 6.07) is 0. The maximum Gasteiger partial charge on any atom is 0.306 e. The number of allylic oxidation sites excluding steroid dienone is 22. The Labute approximate surface area is 449 Å². The zero-order chi connectivity index (χ0) is 52.9. The maximum absolute atomic E-state index is 12.8. The Bertz CT molecular complexity index is 1580. The van der Waals surface area contributed by atoms with Gasteiger partial charge in [-0.25, -0.2) is 0 Å². The molecule has 0 heterocycles. The summed E-state index contributed by atoms with van der Waals surface area (Å²) in [5, 5.41) is 0. The van der Waals surface area contributed by atoms with E-state index >= 15 is 0 Å². The normalized spacial score (nSPS) is 13.1. The first kappa shape index (κ1) is 68.6. The molecule has 0 rings (SSSR count). The number of rotatable bonds is 52. The largest absolute Gasteiger partial charge is 0.462 e. The van der Waals surface area contributed by atoms with Gasteiger partial charge in [0.1, 0.15) is 13.2 Å². The standard InChI is InChI=1S/C67H108O6/c1-4-7-10-13-16-18-20-22-24-26-28-29-30-31-32-33-34-35-36-37-39-40-42-44-46-48-51-54-57-60-66(69)72-63-64(62-71-65(68)59-56-53-50-15-12-9-6-3)73-67(70)61-58-55-52-49-47-45-43-41-38-27-25-23-21-19-17-14-11-8-5-2/h7-8,10-11,16-19,22-25,28-29,31-32,34-35,37-39,41,64H,4-6,9,12-15,20-21,26-27,30,33,36,40,42-63H2,1-3H3/b10-7-,11-8-,18-16-,19-17-,24-22-,25-23-,29-28-,32-31-,35-34-,39-37-,41-38-. The lowest BCUT2D eigenvalue weighted by Crippen LogP contribution is -2.30. The predicted octanol–water partition coefficient (Wildman–Crippen LogP) is 20.2. The predicted molar refractivity (Wildman–Crippen MR) is 316 cm³/mol. The van der Waals surface area contributed by atoms with Crippen molar-refractivity contribution in [3.8, 4) is 0 Å². The van der Waals surface area contributed by atoms with Crippen LogP contribution in [0.2, 0.25) is 0 Å². The summed E-state index contributed by atoms with van der Waals surface area (Å²) in [5.41, 5.74) is 0. The summed E-state index contributed by atoms with van der Waals surface area (Å²) in [4.78, 5) is 38.0. The summed E-state index contributed by atoms with van der Waals surface area (Å²) in [5.74, 6) is -0.926. The van der Waals surface area contributed by atoms with Crippen LogP contribution in [0.1, 0.15) is 252 Å². The molecule has 6 nitrogen and oxygen atoms in total. The first-order chi connectivity index (χ1) is 36.0. The highest BCUT2D eigenvalue weighted by Gasteiger charge is 2.19. The minimum absolute atomic E-state index is 0.0904. The molecule has 0 saturated heterocycles. The van der Waals surface area contributed by atoms with Crippen LogP contribution in [0.4, 0.5) is 0 Å². The van der Waals surface area contributed by atoms with Gasteiger partial charge in [-0.3, -0.25) is 14.4 Å². The SMILES string of the molecule is CC/C=C\C/C=C\C/C=C\C/C=C\C/C=C\C/C=C\C/C=C\CCCCCCCCCC(=O)OCC(COC(=O)CCCCCCCCC)OC(=O)CCCCCCCC/C=C\C/C=C\C/C=C\C/C=C\CC. The van der Waals surface area contributed by atoms with Gasteiger partial charge in [-0.2, -0.15) is 0 Å². The van der Waals surface area contributed by atoms with Crippen molar-refractivity contribution in [3.63, 3.8) is 0 Å². The average Bonchev–Trinajstić information content (AvgIpc) is 3.39. The smallest absolute Gasteiger partial charge is 0.306 e. The van der Waals surface area contributed by atoms with Crippen LogP contribution in [-0.4, -0.2) is 37.2 Å². The Kier molecular flexibility index (Phi) is 56.4. The molecule has 0 saturated carbocycles. The molecule has 0 aliphatic rings. The minimum atomic E-state index is -0.792. The molecule has 0 spiro atoms. The van der Waals surface area contributed by atoms with E-state index in [-0.39, 0.29) is 31.1 Å². The van der Waals surface area contributed by atoms with Crippen LogP contribution in [0.15, 0.2) is 134 Å². The lowest BCUT2D eigenvalue weighted by molar-refractivity contribution is -0.167. The summed E-state index contributed by atoms with van der Waals surface area (Å²) >= 11 is 0. The van der Waals surface area contributed by atoms with Gasteiger partial charge in [0.2, 0.25) is 0 Å². The summed E-state index contributed by atoms with van der Waals surface area (Å²) in [6.07, 6.45) is 84.6. The van der Waals surface area contributed by atoms with Crippen molar-refractivity contribution in [2.45, 2.75) is 258 Å². The van der Waals surface area contributed by atoms with Gasteiger partial charge in [-0.15, -0.1) is 0 Å². The van der Waals surface area contributed by atoms with Gasteiger partial charge >= 0.3 is 17.9 Å². The van der Waals surface area contributed by atoms with Crippen molar-refractivity contribution >= 4 is 17.9 Å². The van der Waals surface area contributed by atoms with Crippen LogP contribution in [0, 0.1) is 0 Å². The number of hydrogen-bond acceptors (Lipinski definition) is 6. The van der Waals surface area contributed by atoms with Gasteiger partial charge in [0.25, 0.3) is 0 Å². The monoisotopic (exact) mass is 1010 g/mol. The van der Waals surface area contributed by atoms with E-state index in [1.165, 1.54) is 64.2 Å². The first-order valence-electron chi connectivity index (χ1n) is 29.7. The molecule has 1 atom stereocenters. The third-order valence-electron chi connectivity index (χ3n) is 12.2. The molecule has 0 aromatic rings. The molecule has 0 N–H and O–H groups in total. The van der Waals surface area contributed by atoms with Gasteiger partial charge in [-0.1, -0.05) is 251 Å². The molecule has 6 heteroatoms. The van der Waals surface area contributed by atoms with Gasteiger partial charge in [0.05, 0.1) is 0 Å². The number of carbonyl (C=O) groups excluding carboxylic acids is 3. The molecule has 0 amide bonds. The molecule has 0 aromatic carbocycles. The van der Waals surface area contributed by atoms with E-state index in [4.69, 9.17) is 14.2 Å². The maximum atomic E-state index is 12.8. The van der Waals surface area contributed by atoms with Crippen molar-refractivity contribution < 1.29 is 28.6 Å². The molecule has 0 aliphatic carbocycles. The topological polar surface area (TPSA) is 78.9 Å². The van der Waals surface area contributed by atoms with E-state index in [9.17, 15) is 14.4 Å². The summed E-state index contributed by atoms with van der Waals surface area (Å²) in [6.45, 7) is 6.34. The van der Waals surface area contributed by atoms with Crippen molar-refractivity contribution in [2.75, 3.05) is 13.2 Å². The van der Waals surface area contributed by atoms with Crippen LogP contribution in [0.3, 0.4) is 0 Å². The van der Waals surface area contributed by atoms with Gasteiger partial charge in [0.15, 0.2) is 6.10 Å². The number of hydrogen-bond donors (Lipinski definition) is 0. The second kappa shape index (κ2) is 60.1. The third-order valence-corrected chi connectivity index (χ3v) is 12.2. The van der Waals surface area contributed by atoms with Crippen LogP contribution in [0.25, 0.3) is 0 Å². The molecular weight excluding hydrogens is 901 g/mol. The zero-order valence-corrected chi connectivity index (χ0v) is 47.1. The highest BCUT2D eigenvalue weighted by molar-refractivity contribution is 5.71. The van der Waals surface area contributed by atoms with E-state index in [1.54, 1.807) is 0 Å². The summed E-state index contributed by atoms with van der Waals surface area (Å²) in [7, 11) is 0. The Balaban J connectivity index is 4.24. The number of unbranched alkanes of at least 4 members (excludes halogenated alkanes) is 19. The van der Waals surface area contributed by atoms with Crippen molar-refractivity contribution in [3.05, 3.63) is 134 Å². The fraction of sp³-hybridized carbons (Fsp3) is 0.627. The Morgan fingerprint density at radius 1 is 0.288 bits per heavy atom. The lowest BCUT2D eigenvalue weighted by Gasteiger charge is -2.18. The molecular formula is C67H108O6. The van der Waals surface area contributed by atoms with Crippen molar-refractivity contribution in [2.24, 2.45) is 0 Å². The van der Waals surface area contributed by atoms with Crippen LogP contribution in [0.5, 0.6) is 0 Å². The number of carbonyl (C=O) groups is 3. The Hall–Kier alpha value is -4.45. The second-order valence-electron chi connectivity index (χ2n) is 19.1. The van der Waals surface area contributed by atoms with Crippen molar-refractivity contribution in [1.29, 1.82) is 0 Å². The summed E-state index contributed by atoms with van der Waals surface area (Å²) < 4.78 is 16.8.